The quantitative estimate of drug-likeness (QED) is 0.941. The van der Waals surface area contributed by atoms with Gasteiger partial charge in [-0.2, -0.15) is 5.10 Å². The van der Waals surface area contributed by atoms with Crippen molar-refractivity contribution in [3.05, 3.63) is 51.8 Å². The van der Waals surface area contributed by atoms with Crippen LogP contribution in [-0.4, -0.2) is 16.8 Å². The molecule has 0 spiro atoms. The van der Waals surface area contributed by atoms with Crippen molar-refractivity contribution in [3.8, 4) is 0 Å². The smallest absolute Gasteiger partial charge is 0.0643 e. The maximum Gasteiger partial charge on any atom is 0.0643 e. The largest absolute Gasteiger partial charge is 0.313 e. The topological polar surface area (TPSA) is 29.9 Å². The fraction of sp³-hybridized carbons (Fsp3) is 0.357. The molecule has 0 aliphatic carbocycles. The number of likely N-dealkylation sites (N-methyl/N-ethyl adjacent to an activating group) is 1. The van der Waals surface area contributed by atoms with Gasteiger partial charge in [-0.1, -0.05) is 28.1 Å². The van der Waals surface area contributed by atoms with Crippen LogP contribution in [0.15, 0.2) is 34.9 Å². The van der Waals surface area contributed by atoms with Crippen molar-refractivity contribution in [1.29, 1.82) is 0 Å². The fourth-order valence-electron chi connectivity index (χ4n) is 2.06. The number of aromatic nitrogens is 2. The molecule has 1 aromatic carbocycles. The molecular weight excluding hydrogens is 290 g/mol. The van der Waals surface area contributed by atoms with E-state index in [2.05, 4.69) is 57.5 Å². The summed E-state index contributed by atoms with van der Waals surface area (Å²) in [5.74, 6) is 0. The lowest BCUT2D eigenvalue weighted by Crippen LogP contribution is -2.19. The Hall–Kier alpha value is -1.13. The molecule has 0 fully saturated rings. The lowest BCUT2D eigenvalue weighted by Gasteiger charge is -2.17. The molecule has 1 heterocycles. The molecule has 18 heavy (non-hydrogen) atoms. The SMILES string of the molecule is CNC(Cc1ccn(C)n1)c1ccc(C)cc1Br. The molecule has 0 amide bonds. The number of hydrogen-bond acceptors (Lipinski definition) is 2. The van der Waals surface area contributed by atoms with Crippen molar-refractivity contribution in [3.63, 3.8) is 0 Å². The van der Waals surface area contributed by atoms with Crippen LogP contribution in [0.25, 0.3) is 0 Å². The Labute approximate surface area is 116 Å². The van der Waals surface area contributed by atoms with Gasteiger partial charge in [-0.15, -0.1) is 0 Å². The Morgan fingerprint density at radius 3 is 2.72 bits per heavy atom. The van der Waals surface area contributed by atoms with Crippen molar-refractivity contribution in [1.82, 2.24) is 15.1 Å². The molecule has 1 unspecified atom stereocenters. The predicted molar refractivity (Wildman–Crippen MR) is 77.6 cm³/mol. The van der Waals surface area contributed by atoms with Gasteiger partial charge in [0, 0.05) is 30.2 Å². The molecule has 1 atom stereocenters. The van der Waals surface area contributed by atoms with Crippen LogP contribution in [-0.2, 0) is 13.5 Å². The third-order valence-electron chi connectivity index (χ3n) is 3.06. The molecule has 0 saturated heterocycles. The first-order valence-corrected chi connectivity index (χ1v) is 6.81. The molecule has 0 saturated carbocycles. The molecule has 0 aliphatic rings. The third kappa shape index (κ3) is 3.00. The van der Waals surface area contributed by atoms with Crippen molar-refractivity contribution in [2.75, 3.05) is 7.05 Å². The molecule has 4 heteroatoms. The van der Waals surface area contributed by atoms with Crippen molar-refractivity contribution in [2.24, 2.45) is 7.05 Å². The van der Waals surface area contributed by atoms with Crippen LogP contribution in [0.5, 0.6) is 0 Å². The highest BCUT2D eigenvalue weighted by Crippen LogP contribution is 2.26. The van der Waals surface area contributed by atoms with E-state index in [0.29, 0.717) is 0 Å². The number of aryl methyl sites for hydroxylation is 2. The first kappa shape index (κ1) is 13.3. The summed E-state index contributed by atoms with van der Waals surface area (Å²) in [4.78, 5) is 0. The summed E-state index contributed by atoms with van der Waals surface area (Å²) in [6.45, 7) is 2.10. The molecule has 0 radical (unpaired) electrons. The monoisotopic (exact) mass is 307 g/mol. The summed E-state index contributed by atoms with van der Waals surface area (Å²) in [6.07, 6.45) is 2.87. The highest BCUT2D eigenvalue weighted by atomic mass is 79.9. The lowest BCUT2D eigenvalue weighted by atomic mass is 10.0. The zero-order chi connectivity index (χ0) is 13.1. The number of nitrogens with one attached hydrogen (secondary N) is 1. The summed E-state index contributed by atoms with van der Waals surface area (Å²) < 4.78 is 2.99. The van der Waals surface area contributed by atoms with Gasteiger partial charge in [0.05, 0.1) is 5.69 Å². The number of nitrogens with zero attached hydrogens (tertiary/aromatic N) is 2. The van der Waals surface area contributed by atoms with Gasteiger partial charge in [-0.05, 0) is 37.2 Å². The Balaban J connectivity index is 2.22. The van der Waals surface area contributed by atoms with E-state index in [1.54, 1.807) is 0 Å². The van der Waals surface area contributed by atoms with Crippen molar-refractivity contribution in [2.45, 2.75) is 19.4 Å². The van der Waals surface area contributed by atoms with Crippen LogP contribution in [0.3, 0.4) is 0 Å². The molecule has 0 bridgehead atoms. The summed E-state index contributed by atoms with van der Waals surface area (Å²) >= 11 is 3.64. The van der Waals surface area contributed by atoms with Gasteiger partial charge in [0.1, 0.15) is 0 Å². The Morgan fingerprint density at radius 1 is 1.39 bits per heavy atom. The summed E-state index contributed by atoms with van der Waals surface area (Å²) in [5.41, 5.74) is 3.64. The van der Waals surface area contributed by atoms with E-state index in [0.717, 1.165) is 16.6 Å². The minimum atomic E-state index is 0.273. The van der Waals surface area contributed by atoms with E-state index in [4.69, 9.17) is 0 Å². The zero-order valence-electron chi connectivity index (χ0n) is 10.9. The van der Waals surface area contributed by atoms with Gasteiger partial charge < -0.3 is 5.32 Å². The van der Waals surface area contributed by atoms with Gasteiger partial charge in [0.15, 0.2) is 0 Å². The van der Waals surface area contributed by atoms with Crippen molar-refractivity contribution >= 4 is 15.9 Å². The molecular formula is C14H18BrN3. The summed E-state index contributed by atoms with van der Waals surface area (Å²) in [7, 11) is 3.93. The maximum absolute atomic E-state index is 4.43. The van der Waals surface area contributed by atoms with Crippen LogP contribution < -0.4 is 5.32 Å². The number of halogens is 1. The van der Waals surface area contributed by atoms with Gasteiger partial charge in [-0.25, -0.2) is 0 Å². The normalized spacial score (nSPS) is 12.7. The zero-order valence-corrected chi connectivity index (χ0v) is 12.5. The van der Waals surface area contributed by atoms with E-state index in [9.17, 15) is 0 Å². The maximum atomic E-state index is 4.43. The van der Waals surface area contributed by atoms with Crippen LogP contribution in [0, 0.1) is 6.92 Å². The third-order valence-corrected chi connectivity index (χ3v) is 3.75. The van der Waals surface area contributed by atoms with Crippen LogP contribution in [0.4, 0.5) is 0 Å². The van der Waals surface area contributed by atoms with Gasteiger partial charge in [-0.3, -0.25) is 4.68 Å². The van der Waals surface area contributed by atoms with E-state index in [1.165, 1.54) is 11.1 Å². The van der Waals surface area contributed by atoms with Gasteiger partial charge >= 0.3 is 0 Å². The number of rotatable bonds is 4. The van der Waals surface area contributed by atoms with Crippen LogP contribution in [0.2, 0.25) is 0 Å². The van der Waals surface area contributed by atoms with Crippen LogP contribution in [0.1, 0.15) is 22.9 Å². The average Bonchev–Trinajstić information content (AvgIpc) is 2.72. The fourth-order valence-corrected chi connectivity index (χ4v) is 2.83. The Bertz CT molecular complexity index is 534. The van der Waals surface area contributed by atoms with E-state index in [-0.39, 0.29) is 6.04 Å². The van der Waals surface area contributed by atoms with Crippen LogP contribution >= 0.6 is 15.9 Å². The second-order valence-electron chi connectivity index (χ2n) is 4.55. The lowest BCUT2D eigenvalue weighted by molar-refractivity contribution is 0.575. The molecule has 1 N–H and O–H groups in total. The van der Waals surface area contributed by atoms with Gasteiger partial charge in [0.25, 0.3) is 0 Å². The molecule has 0 aliphatic heterocycles. The summed E-state index contributed by atoms with van der Waals surface area (Å²) in [6, 6.07) is 8.80. The molecule has 96 valence electrons. The summed E-state index contributed by atoms with van der Waals surface area (Å²) in [5, 5.41) is 7.79. The first-order valence-electron chi connectivity index (χ1n) is 6.02. The second kappa shape index (κ2) is 5.67. The Morgan fingerprint density at radius 2 is 2.17 bits per heavy atom. The minimum Gasteiger partial charge on any atom is -0.313 e. The second-order valence-corrected chi connectivity index (χ2v) is 5.41. The standard InChI is InChI=1S/C14H18BrN3/c1-10-4-5-12(13(15)8-10)14(16-2)9-11-6-7-18(3)17-11/h4-8,14,16H,9H2,1-3H3. The molecule has 3 nitrogen and oxygen atoms in total. The molecule has 2 aromatic rings. The van der Waals surface area contributed by atoms with Crippen molar-refractivity contribution < 1.29 is 0 Å². The van der Waals surface area contributed by atoms with E-state index < -0.39 is 0 Å². The predicted octanol–water partition coefficient (Wildman–Crippen LogP) is 2.99. The highest BCUT2D eigenvalue weighted by molar-refractivity contribution is 9.10. The van der Waals surface area contributed by atoms with E-state index in [1.807, 2.05) is 25.0 Å². The molecule has 2 rings (SSSR count). The minimum absolute atomic E-state index is 0.273. The highest BCUT2D eigenvalue weighted by Gasteiger charge is 2.14. The van der Waals surface area contributed by atoms with Gasteiger partial charge in [0.2, 0.25) is 0 Å². The molecule has 1 aromatic heterocycles. The first-order chi connectivity index (χ1) is 8.60. The number of benzene rings is 1. The number of hydrogen-bond donors (Lipinski definition) is 1. The Kier molecular flexibility index (Phi) is 4.19. The van der Waals surface area contributed by atoms with E-state index >= 15 is 0 Å². The average molecular weight is 308 g/mol.